The number of pyridine rings is 1. The fraction of sp³-hybridized carbons (Fsp3) is 0.240. The van der Waals surface area contributed by atoms with E-state index in [2.05, 4.69) is 10.3 Å². The highest BCUT2D eigenvalue weighted by Crippen LogP contribution is 2.27. The molecule has 0 saturated carbocycles. The van der Waals surface area contributed by atoms with Crippen molar-refractivity contribution in [1.29, 1.82) is 0 Å². The van der Waals surface area contributed by atoms with Crippen LogP contribution in [-0.2, 0) is 0 Å². The summed E-state index contributed by atoms with van der Waals surface area (Å²) in [6.45, 7) is 2.96. The van der Waals surface area contributed by atoms with Crippen molar-refractivity contribution in [2.45, 2.75) is 25.5 Å². The largest absolute Gasteiger partial charge is 0.489 e. The molecule has 4 rings (SSSR count). The Hall–Kier alpha value is -3.65. The molecule has 1 aromatic heterocycles. The maximum atomic E-state index is 13.1. The van der Waals surface area contributed by atoms with Crippen molar-refractivity contribution in [3.05, 3.63) is 88.3 Å². The fourth-order valence-electron chi connectivity index (χ4n) is 3.85. The third-order valence-electron chi connectivity index (χ3n) is 5.64. The number of halogens is 2. The Morgan fingerprint density at radius 3 is 2.59 bits per heavy atom. The van der Waals surface area contributed by atoms with Gasteiger partial charge >= 0.3 is 5.97 Å². The molecule has 1 aliphatic heterocycles. The molecule has 34 heavy (non-hydrogen) atoms. The maximum absolute atomic E-state index is 13.1. The summed E-state index contributed by atoms with van der Waals surface area (Å²) >= 11 is 6.15. The minimum absolute atomic E-state index is 0.134. The van der Waals surface area contributed by atoms with Gasteiger partial charge in [-0.05, 0) is 55.0 Å². The molecule has 0 bridgehead atoms. The Kier molecular flexibility index (Phi) is 6.98. The van der Waals surface area contributed by atoms with Gasteiger partial charge < -0.3 is 20.1 Å². The molecule has 1 saturated heterocycles. The summed E-state index contributed by atoms with van der Waals surface area (Å²) in [5, 5.41) is 12.3. The summed E-state index contributed by atoms with van der Waals surface area (Å²) in [5.74, 6) is -0.597. The average molecular weight is 484 g/mol. The number of rotatable bonds is 7. The lowest BCUT2D eigenvalue weighted by Gasteiger charge is -2.22. The Labute approximate surface area is 201 Å². The smallest absolute Gasteiger partial charge is 0.335 e. The van der Waals surface area contributed by atoms with Crippen LogP contribution in [0, 0.1) is 5.82 Å². The number of anilines is 1. The normalized spacial score (nSPS) is 16.2. The molecule has 2 heterocycles. The number of aromatic nitrogens is 1. The number of carbonyl (C=O) groups is 2. The first kappa shape index (κ1) is 23.5. The number of hydrogen-bond donors (Lipinski definition) is 2. The number of amides is 1. The van der Waals surface area contributed by atoms with Crippen molar-refractivity contribution in [3.63, 3.8) is 0 Å². The number of carboxylic acid groups (broad SMARTS) is 1. The number of carboxylic acids is 1. The van der Waals surface area contributed by atoms with E-state index >= 15 is 0 Å². The predicted octanol–water partition coefficient (Wildman–Crippen LogP) is 4.72. The van der Waals surface area contributed by atoms with Crippen LogP contribution in [0.25, 0.3) is 0 Å². The molecule has 0 spiro atoms. The molecular formula is C25H23ClFN3O4. The average Bonchev–Trinajstić information content (AvgIpc) is 3.28. The summed E-state index contributed by atoms with van der Waals surface area (Å²) in [6.07, 6.45) is 2.08. The molecule has 1 fully saturated rings. The first-order chi connectivity index (χ1) is 16.3. The van der Waals surface area contributed by atoms with Gasteiger partial charge in [-0.1, -0.05) is 23.7 Å². The molecular weight excluding hydrogens is 461 g/mol. The Balaban J connectivity index is 1.46. The fourth-order valence-corrected chi connectivity index (χ4v) is 4.00. The van der Waals surface area contributed by atoms with Crippen LogP contribution in [0.4, 0.5) is 10.2 Å². The van der Waals surface area contributed by atoms with E-state index in [1.54, 1.807) is 30.3 Å². The van der Waals surface area contributed by atoms with Gasteiger partial charge in [-0.25, -0.2) is 14.2 Å². The van der Waals surface area contributed by atoms with E-state index in [0.29, 0.717) is 35.2 Å². The summed E-state index contributed by atoms with van der Waals surface area (Å²) < 4.78 is 19.1. The third-order valence-corrected chi connectivity index (χ3v) is 5.85. The zero-order valence-corrected chi connectivity index (χ0v) is 19.1. The summed E-state index contributed by atoms with van der Waals surface area (Å²) in [4.78, 5) is 30.6. The van der Waals surface area contributed by atoms with Gasteiger partial charge in [-0.15, -0.1) is 0 Å². The van der Waals surface area contributed by atoms with Crippen LogP contribution in [0.3, 0.4) is 0 Å². The first-order valence-corrected chi connectivity index (χ1v) is 11.1. The molecule has 9 heteroatoms. The van der Waals surface area contributed by atoms with Crippen LogP contribution < -0.4 is 15.0 Å². The van der Waals surface area contributed by atoms with Crippen LogP contribution in [-0.4, -0.2) is 41.2 Å². The first-order valence-electron chi connectivity index (χ1n) is 10.8. The van der Waals surface area contributed by atoms with Crippen molar-refractivity contribution < 1.29 is 23.8 Å². The zero-order chi connectivity index (χ0) is 24.2. The lowest BCUT2D eigenvalue weighted by atomic mass is 10.1. The molecule has 2 atom stereocenters. The molecule has 0 radical (unpaired) electrons. The van der Waals surface area contributed by atoms with Gasteiger partial charge in [0.05, 0.1) is 28.7 Å². The van der Waals surface area contributed by atoms with Crippen LogP contribution in [0.15, 0.2) is 60.8 Å². The minimum Gasteiger partial charge on any atom is -0.489 e. The second-order valence-corrected chi connectivity index (χ2v) is 8.51. The molecule has 2 aromatic carbocycles. The van der Waals surface area contributed by atoms with Crippen molar-refractivity contribution >= 4 is 29.3 Å². The SMILES string of the molecule is CC(NC(=O)c1cc(Cl)cnc1N1CCC(Oc2ccc(F)cc2)C1)c1ccc(C(=O)O)cc1. The second-order valence-electron chi connectivity index (χ2n) is 8.08. The van der Waals surface area contributed by atoms with Gasteiger partial charge in [0.25, 0.3) is 5.91 Å². The van der Waals surface area contributed by atoms with Crippen molar-refractivity contribution in [2.24, 2.45) is 0 Å². The van der Waals surface area contributed by atoms with Crippen molar-refractivity contribution in [3.8, 4) is 5.75 Å². The maximum Gasteiger partial charge on any atom is 0.335 e. The van der Waals surface area contributed by atoms with Crippen LogP contribution in [0.2, 0.25) is 5.02 Å². The summed E-state index contributed by atoms with van der Waals surface area (Å²) in [5.41, 5.74) is 1.28. The molecule has 7 nitrogen and oxygen atoms in total. The molecule has 3 aromatic rings. The molecule has 0 aliphatic carbocycles. The molecule has 2 N–H and O–H groups in total. The molecule has 176 valence electrons. The number of benzene rings is 2. The van der Waals surface area contributed by atoms with Gasteiger partial charge in [0.15, 0.2) is 0 Å². The van der Waals surface area contributed by atoms with Gasteiger partial charge in [-0.3, -0.25) is 4.79 Å². The predicted molar refractivity (Wildman–Crippen MR) is 126 cm³/mol. The molecule has 2 unspecified atom stereocenters. The Bertz CT molecular complexity index is 1190. The van der Waals surface area contributed by atoms with Crippen LogP contribution in [0.5, 0.6) is 5.75 Å². The van der Waals surface area contributed by atoms with E-state index in [0.717, 1.165) is 12.0 Å². The Morgan fingerprint density at radius 1 is 1.21 bits per heavy atom. The number of nitrogens with zero attached hydrogens (tertiary/aromatic N) is 2. The van der Waals surface area contributed by atoms with Gasteiger partial charge in [-0.2, -0.15) is 0 Å². The monoisotopic (exact) mass is 483 g/mol. The van der Waals surface area contributed by atoms with E-state index in [1.165, 1.54) is 30.5 Å². The third kappa shape index (κ3) is 5.46. The van der Waals surface area contributed by atoms with E-state index < -0.39 is 5.97 Å². The van der Waals surface area contributed by atoms with Gasteiger partial charge in [0.1, 0.15) is 23.5 Å². The number of aromatic carboxylic acids is 1. The van der Waals surface area contributed by atoms with E-state index in [1.807, 2.05) is 11.8 Å². The van der Waals surface area contributed by atoms with Crippen molar-refractivity contribution in [1.82, 2.24) is 10.3 Å². The molecule has 1 aliphatic rings. The number of ether oxygens (including phenoxy) is 1. The quantitative estimate of drug-likeness (QED) is 0.505. The number of hydrogen-bond acceptors (Lipinski definition) is 5. The van der Waals surface area contributed by atoms with E-state index in [-0.39, 0.29) is 29.4 Å². The van der Waals surface area contributed by atoms with Crippen molar-refractivity contribution in [2.75, 3.05) is 18.0 Å². The number of carbonyl (C=O) groups excluding carboxylic acids is 1. The second kappa shape index (κ2) is 10.1. The minimum atomic E-state index is -1.01. The van der Waals surface area contributed by atoms with E-state index in [9.17, 15) is 14.0 Å². The highest BCUT2D eigenvalue weighted by atomic mass is 35.5. The topological polar surface area (TPSA) is 91.8 Å². The summed E-state index contributed by atoms with van der Waals surface area (Å²) in [7, 11) is 0. The Morgan fingerprint density at radius 2 is 1.91 bits per heavy atom. The zero-order valence-electron chi connectivity index (χ0n) is 18.4. The van der Waals surface area contributed by atoms with E-state index in [4.69, 9.17) is 21.4 Å². The summed E-state index contributed by atoms with van der Waals surface area (Å²) in [6, 6.07) is 13.4. The highest BCUT2D eigenvalue weighted by Gasteiger charge is 2.29. The van der Waals surface area contributed by atoms with Gasteiger partial charge in [0, 0.05) is 19.2 Å². The van der Waals surface area contributed by atoms with Gasteiger partial charge in [0.2, 0.25) is 0 Å². The lowest BCUT2D eigenvalue weighted by Crippen LogP contribution is -2.31. The van der Waals surface area contributed by atoms with Crippen LogP contribution in [0.1, 0.15) is 45.7 Å². The highest BCUT2D eigenvalue weighted by molar-refractivity contribution is 6.31. The number of nitrogens with one attached hydrogen (secondary N) is 1. The standard InChI is InChI=1S/C25H23ClFN3O4/c1-15(16-2-4-17(5-3-16)25(32)33)29-24(31)22-12-18(26)13-28-23(22)30-11-10-21(14-30)34-20-8-6-19(27)7-9-20/h2-9,12-13,15,21H,10-11,14H2,1H3,(H,29,31)(H,32,33). The lowest BCUT2D eigenvalue weighted by molar-refractivity contribution is 0.0696. The van der Waals surface area contributed by atoms with Crippen LogP contribution >= 0.6 is 11.6 Å². The molecule has 1 amide bonds.